The quantitative estimate of drug-likeness (QED) is 0.816. The van der Waals surface area contributed by atoms with Crippen LogP contribution in [0, 0.1) is 0 Å². The van der Waals surface area contributed by atoms with Crippen LogP contribution in [0.15, 0.2) is 54.6 Å². The van der Waals surface area contributed by atoms with Gasteiger partial charge in [0, 0.05) is 18.2 Å². The van der Waals surface area contributed by atoms with Crippen molar-refractivity contribution < 1.29 is 0 Å². The van der Waals surface area contributed by atoms with E-state index in [0.29, 0.717) is 5.92 Å². The molecule has 1 aliphatic carbocycles. The van der Waals surface area contributed by atoms with Crippen LogP contribution in [-0.4, -0.2) is 6.54 Å². The molecule has 0 radical (unpaired) electrons. The highest BCUT2D eigenvalue weighted by molar-refractivity contribution is 5.46. The Morgan fingerprint density at radius 2 is 1.69 bits per heavy atom. The van der Waals surface area contributed by atoms with E-state index in [9.17, 15) is 0 Å². The first-order chi connectivity index (χ1) is 7.93. The molecule has 0 saturated heterocycles. The van der Waals surface area contributed by atoms with Crippen molar-refractivity contribution in [3.63, 3.8) is 0 Å². The number of para-hydroxylation sites is 1. The maximum atomic E-state index is 3.49. The Hall–Kier alpha value is -1.76. The molecule has 1 aliphatic rings. The molecular weight excluding hydrogens is 194 g/mol. The second-order valence-corrected chi connectivity index (χ2v) is 4.35. The monoisotopic (exact) mass is 209 g/mol. The highest BCUT2D eigenvalue weighted by atomic mass is 14.9. The maximum Gasteiger partial charge on any atom is 0.0340 e. The highest BCUT2D eigenvalue weighted by Gasteiger charge is 2.24. The molecule has 1 N–H and O–H groups in total. The summed E-state index contributed by atoms with van der Waals surface area (Å²) in [5.74, 6) is 0.691. The lowest BCUT2D eigenvalue weighted by molar-refractivity contribution is 0.636. The van der Waals surface area contributed by atoms with Gasteiger partial charge in [-0.05, 0) is 29.7 Å². The normalized spacial score (nSPS) is 17.4. The molecule has 1 nitrogen and oxygen atoms in total. The Morgan fingerprint density at radius 1 is 0.938 bits per heavy atom. The van der Waals surface area contributed by atoms with Crippen molar-refractivity contribution in [3.8, 4) is 0 Å². The van der Waals surface area contributed by atoms with Crippen LogP contribution in [0.2, 0.25) is 0 Å². The molecule has 0 heterocycles. The van der Waals surface area contributed by atoms with Crippen LogP contribution in [0.1, 0.15) is 17.0 Å². The zero-order chi connectivity index (χ0) is 10.8. The standard InChI is InChI=1S/C15H15N/c1-2-7-14(8-3-1)16-11-13-10-12-6-4-5-9-15(12)13/h1-9,13,16H,10-11H2. The van der Waals surface area contributed by atoms with E-state index in [-0.39, 0.29) is 0 Å². The van der Waals surface area contributed by atoms with E-state index in [0.717, 1.165) is 6.54 Å². The van der Waals surface area contributed by atoms with Gasteiger partial charge in [-0.25, -0.2) is 0 Å². The molecule has 3 rings (SSSR count). The van der Waals surface area contributed by atoms with Gasteiger partial charge in [-0.15, -0.1) is 0 Å². The van der Waals surface area contributed by atoms with Gasteiger partial charge in [0.2, 0.25) is 0 Å². The minimum atomic E-state index is 0.691. The van der Waals surface area contributed by atoms with Crippen LogP contribution >= 0.6 is 0 Å². The zero-order valence-electron chi connectivity index (χ0n) is 9.19. The van der Waals surface area contributed by atoms with E-state index in [1.165, 1.54) is 23.2 Å². The SMILES string of the molecule is c1ccc(NCC2Cc3ccccc32)cc1. The summed E-state index contributed by atoms with van der Waals surface area (Å²) in [6, 6.07) is 19.1. The van der Waals surface area contributed by atoms with Gasteiger partial charge in [0.1, 0.15) is 0 Å². The first-order valence-corrected chi connectivity index (χ1v) is 5.80. The molecule has 0 spiro atoms. The predicted octanol–water partition coefficient (Wildman–Crippen LogP) is 3.44. The number of hydrogen-bond acceptors (Lipinski definition) is 1. The fourth-order valence-electron chi connectivity index (χ4n) is 2.34. The number of nitrogens with one attached hydrogen (secondary N) is 1. The molecule has 0 fully saturated rings. The Balaban J connectivity index is 1.63. The summed E-state index contributed by atoms with van der Waals surface area (Å²) in [7, 11) is 0. The lowest BCUT2D eigenvalue weighted by atomic mass is 9.77. The summed E-state index contributed by atoms with van der Waals surface area (Å²) < 4.78 is 0. The molecule has 2 aromatic carbocycles. The van der Waals surface area contributed by atoms with E-state index in [1.54, 1.807) is 0 Å². The van der Waals surface area contributed by atoms with E-state index in [2.05, 4.69) is 53.8 Å². The molecule has 1 atom stereocenters. The van der Waals surface area contributed by atoms with Gasteiger partial charge in [-0.1, -0.05) is 42.5 Å². The zero-order valence-corrected chi connectivity index (χ0v) is 9.19. The number of hydrogen-bond donors (Lipinski definition) is 1. The molecule has 0 amide bonds. The topological polar surface area (TPSA) is 12.0 Å². The first-order valence-electron chi connectivity index (χ1n) is 5.80. The molecule has 16 heavy (non-hydrogen) atoms. The van der Waals surface area contributed by atoms with Crippen molar-refractivity contribution in [3.05, 3.63) is 65.7 Å². The van der Waals surface area contributed by atoms with Crippen molar-refractivity contribution in [1.82, 2.24) is 0 Å². The first kappa shape index (κ1) is 9.46. The van der Waals surface area contributed by atoms with Crippen molar-refractivity contribution in [2.45, 2.75) is 12.3 Å². The Bertz CT molecular complexity index is 476. The number of rotatable bonds is 3. The summed E-state index contributed by atoms with van der Waals surface area (Å²) in [5.41, 5.74) is 4.25. The van der Waals surface area contributed by atoms with Gasteiger partial charge in [0.15, 0.2) is 0 Å². The lowest BCUT2D eigenvalue weighted by Gasteiger charge is -2.30. The molecule has 0 bridgehead atoms. The second-order valence-electron chi connectivity index (χ2n) is 4.35. The average Bonchev–Trinajstić information content (AvgIpc) is 2.32. The average molecular weight is 209 g/mol. The minimum Gasteiger partial charge on any atom is -0.384 e. The van der Waals surface area contributed by atoms with Crippen LogP contribution in [0.4, 0.5) is 5.69 Å². The Labute approximate surface area is 96.1 Å². The molecule has 80 valence electrons. The Morgan fingerprint density at radius 3 is 2.50 bits per heavy atom. The third kappa shape index (κ3) is 1.69. The van der Waals surface area contributed by atoms with Gasteiger partial charge < -0.3 is 5.32 Å². The molecule has 0 saturated carbocycles. The van der Waals surface area contributed by atoms with E-state index in [4.69, 9.17) is 0 Å². The fourth-order valence-corrected chi connectivity index (χ4v) is 2.34. The molecule has 0 aromatic heterocycles. The number of anilines is 1. The minimum absolute atomic E-state index is 0.691. The summed E-state index contributed by atoms with van der Waals surface area (Å²) in [4.78, 5) is 0. The third-order valence-electron chi connectivity index (χ3n) is 3.29. The van der Waals surface area contributed by atoms with Crippen LogP contribution in [0.5, 0.6) is 0 Å². The maximum absolute atomic E-state index is 3.49. The van der Waals surface area contributed by atoms with Gasteiger partial charge in [-0.2, -0.15) is 0 Å². The Kier molecular flexibility index (Phi) is 2.37. The van der Waals surface area contributed by atoms with Gasteiger partial charge in [0.25, 0.3) is 0 Å². The fraction of sp³-hybridized carbons (Fsp3) is 0.200. The predicted molar refractivity (Wildman–Crippen MR) is 67.8 cm³/mol. The molecule has 0 aliphatic heterocycles. The largest absolute Gasteiger partial charge is 0.384 e. The van der Waals surface area contributed by atoms with Crippen molar-refractivity contribution >= 4 is 5.69 Å². The molecular formula is C15H15N. The second kappa shape index (κ2) is 4.01. The number of fused-ring (bicyclic) bond motifs is 1. The van der Waals surface area contributed by atoms with Crippen molar-refractivity contribution in [2.24, 2.45) is 0 Å². The van der Waals surface area contributed by atoms with Crippen LogP contribution in [0.3, 0.4) is 0 Å². The lowest BCUT2D eigenvalue weighted by Crippen LogP contribution is -2.24. The summed E-state index contributed by atoms with van der Waals surface area (Å²) >= 11 is 0. The summed E-state index contributed by atoms with van der Waals surface area (Å²) in [6.45, 7) is 1.04. The molecule has 2 aromatic rings. The van der Waals surface area contributed by atoms with Crippen LogP contribution in [-0.2, 0) is 6.42 Å². The van der Waals surface area contributed by atoms with Gasteiger partial charge in [0.05, 0.1) is 0 Å². The van der Waals surface area contributed by atoms with Crippen molar-refractivity contribution in [2.75, 3.05) is 11.9 Å². The van der Waals surface area contributed by atoms with Crippen LogP contribution < -0.4 is 5.32 Å². The van der Waals surface area contributed by atoms with E-state index >= 15 is 0 Å². The summed E-state index contributed by atoms with van der Waals surface area (Å²) in [5, 5.41) is 3.49. The highest BCUT2D eigenvalue weighted by Crippen LogP contribution is 2.34. The molecule has 1 heteroatoms. The number of benzene rings is 2. The summed E-state index contributed by atoms with van der Waals surface area (Å²) in [6.07, 6.45) is 1.22. The van der Waals surface area contributed by atoms with E-state index in [1.807, 2.05) is 6.07 Å². The smallest absolute Gasteiger partial charge is 0.0340 e. The molecule has 1 unspecified atom stereocenters. The van der Waals surface area contributed by atoms with Crippen molar-refractivity contribution in [1.29, 1.82) is 0 Å². The van der Waals surface area contributed by atoms with Gasteiger partial charge >= 0.3 is 0 Å². The third-order valence-corrected chi connectivity index (χ3v) is 3.29. The van der Waals surface area contributed by atoms with Crippen LogP contribution in [0.25, 0.3) is 0 Å². The van der Waals surface area contributed by atoms with E-state index < -0.39 is 0 Å². The van der Waals surface area contributed by atoms with Gasteiger partial charge in [-0.3, -0.25) is 0 Å².